The van der Waals surface area contributed by atoms with Crippen LogP contribution in [0.15, 0.2) is 12.2 Å². The van der Waals surface area contributed by atoms with Crippen LogP contribution < -0.4 is 0 Å². The number of carboxylic acid groups (broad SMARTS) is 1. The van der Waals surface area contributed by atoms with Crippen LogP contribution in [0.5, 0.6) is 0 Å². The highest BCUT2D eigenvalue weighted by Crippen LogP contribution is 2.26. The first-order valence-electron chi connectivity index (χ1n) is 4.87. The van der Waals surface area contributed by atoms with Crippen LogP contribution in [0, 0.1) is 5.41 Å². The second-order valence-corrected chi connectivity index (χ2v) is 4.15. The third kappa shape index (κ3) is 7.57. The minimum absolute atomic E-state index is 0.400. The summed E-state index contributed by atoms with van der Waals surface area (Å²) in [6, 6.07) is 0. The molecule has 2 nitrogen and oxygen atoms in total. The van der Waals surface area contributed by atoms with Crippen molar-refractivity contribution in [3.8, 4) is 0 Å². The molecule has 0 heterocycles. The summed E-state index contributed by atoms with van der Waals surface area (Å²) in [4.78, 5) is 10.1. The topological polar surface area (TPSA) is 37.3 Å². The van der Waals surface area contributed by atoms with E-state index >= 15 is 0 Å². The van der Waals surface area contributed by atoms with E-state index in [2.05, 4.69) is 20.8 Å². The van der Waals surface area contributed by atoms with E-state index in [0.29, 0.717) is 5.41 Å². The highest BCUT2D eigenvalue weighted by atomic mass is 16.4. The van der Waals surface area contributed by atoms with Gasteiger partial charge in [-0.05, 0) is 24.7 Å². The number of hydrogen-bond acceptors (Lipinski definition) is 1. The van der Waals surface area contributed by atoms with Crippen molar-refractivity contribution in [2.75, 3.05) is 0 Å². The van der Waals surface area contributed by atoms with Crippen molar-refractivity contribution in [3.05, 3.63) is 12.2 Å². The van der Waals surface area contributed by atoms with Gasteiger partial charge >= 0.3 is 5.97 Å². The molecule has 0 saturated carbocycles. The molecule has 0 fully saturated rings. The molecule has 0 saturated heterocycles. The molecule has 0 aromatic carbocycles. The molecule has 13 heavy (non-hydrogen) atoms. The van der Waals surface area contributed by atoms with Crippen LogP contribution in [0.4, 0.5) is 0 Å². The molecule has 0 amide bonds. The third-order valence-electron chi connectivity index (χ3n) is 2.44. The molecule has 0 radical (unpaired) electrons. The Morgan fingerprint density at radius 3 is 2.54 bits per heavy atom. The molecule has 0 rings (SSSR count). The number of unbranched alkanes of at least 4 members (excludes halogenated alkanes) is 1. The van der Waals surface area contributed by atoms with Gasteiger partial charge in [0.05, 0.1) is 0 Å². The van der Waals surface area contributed by atoms with E-state index in [1.54, 1.807) is 6.08 Å². The monoisotopic (exact) mass is 184 g/mol. The van der Waals surface area contributed by atoms with Gasteiger partial charge in [0.25, 0.3) is 0 Å². The van der Waals surface area contributed by atoms with Crippen molar-refractivity contribution in [2.24, 2.45) is 5.41 Å². The molecule has 0 bridgehead atoms. The van der Waals surface area contributed by atoms with Crippen molar-refractivity contribution in [3.63, 3.8) is 0 Å². The minimum atomic E-state index is -0.852. The standard InChI is InChI=1S/C11H20O2/c1-4-11(2,3)9-7-5-6-8-10(12)13/h6,8H,4-5,7,9H2,1-3H3,(H,12,13). The summed E-state index contributed by atoms with van der Waals surface area (Å²) >= 11 is 0. The average Bonchev–Trinajstić information content (AvgIpc) is 2.03. The third-order valence-corrected chi connectivity index (χ3v) is 2.44. The Bertz CT molecular complexity index is 181. The molecule has 0 aromatic rings. The van der Waals surface area contributed by atoms with Gasteiger partial charge in [0, 0.05) is 6.08 Å². The quantitative estimate of drug-likeness (QED) is 0.508. The van der Waals surface area contributed by atoms with E-state index < -0.39 is 5.97 Å². The van der Waals surface area contributed by atoms with Crippen molar-refractivity contribution in [1.82, 2.24) is 0 Å². The second-order valence-electron chi connectivity index (χ2n) is 4.15. The predicted molar refractivity (Wildman–Crippen MR) is 54.7 cm³/mol. The molecule has 0 aliphatic heterocycles. The molecule has 0 aromatic heterocycles. The number of allylic oxidation sites excluding steroid dienone is 1. The first kappa shape index (κ1) is 12.2. The van der Waals surface area contributed by atoms with Gasteiger partial charge in [0.15, 0.2) is 0 Å². The summed E-state index contributed by atoms with van der Waals surface area (Å²) in [6.07, 6.45) is 7.23. The Balaban J connectivity index is 3.51. The zero-order chi connectivity index (χ0) is 10.3. The van der Waals surface area contributed by atoms with Crippen LogP contribution in [-0.4, -0.2) is 11.1 Å². The highest BCUT2D eigenvalue weighted by molar-refractivity contribution is 5.79. The first-order valence-corrected chi connectivity index (χ1v) is 4.87. The summed E-state index contributed by atoms with van der Waals surface area (Å²) in [6.45, 7) is 6.68. The lowest BCUT2D eigenvalue weighted by atomic mass is 9.85. The maximum absolute atomic E-state index is 10.1. The molecule has 2 heteroatoms. The fourth-order valence-electron chi connectivity index (χ4n) is 1.06. The Morgan fingerprint density at radius 2 is 2.08 bits per heavy atom. The molecular weight excluding hydrogens is 164 g/mol. The zero-order valence-electron chi connectivity index (χ0n) is 8.84. The SMILES string of the molecule is CCC(C)(C)CCCC=CC(=O)O. The van der Waals surface area contributed by atoms with Gasteiger partial charge in [-0.1, -0.05) is 33.3 Å². The first-order chi connectivity index (χ1) is 5.98. The fraction of sp³-hybridized carbons (Fsp3) is 0.727. The summed E-state index contributed by atoms with van der Waals surface area (Å²) in [7, 11) is 0. The normalized spacial score (nSPS) is 12.2. The van der Waals surface area contributed by atoms with Gasteiger partial charge in [0.2, 0.25) is 0 Å². The molecule has 0 aliphatic carbocycles. The Morgan fingerprint density at radius 1 is 1.46 bits per heavy atom. The van der Waals surface area contributed by atoms with Crippen molar-refractivity contribution in [2.45, 2.75) is 46.5 Å². The Labute approximate surface area is 80.7 Å². The Kier molecular flexibility index (Phi) is 5.44. The minimum Gasteiger partial charge on any atom is -0.478 e. The van der Waals surface area contributed by atoms with E-state index in [1.165, 1.54) is 12.5 Å². The van der Waals surface area contributed by atoms with Crippen molar-refractivity contribution < 1.29 is 9.90 Å². The molecule has 0 atom stereocenters. The van der Waals surface area contributed by atoms with Gasteiger partial charge in [-0.3, -0.25) is 0 Å². The van der Waals surface area contributed by atoms with Crippen LogP contribution in [-0.2, 0) is 4.79 Å². The van der Waals surface area contributed by atoms with E-state index in [-0.39, 0.29) is 0 Å². The molecule has 76 valence electrons. The maximum Gasteiger partial charge on any atom is 0.327 e. The maximum atomic E-state index is 10.1. The summed E-state index contributed by atoms with van der Waals surface area (Å²) in [5.41, 5.74) is 0.400. The van der Waals surface area contributed by atoms with Crippen LogP contribution in [0.25, 0.3) is 0 Å². The summed E-state index contributed by atoms with van der Waals surface area (Å²) in [5, 5.41) is 8.33. The summed E-state index contributed by atoms with van der Waals surface area (Å²) in [5.74, 6) is -0.852. The van der Waals surface area contributed by atoms with Gasteiger partial charge < -0.3 is 5.11 Å². The summed E-state index contributed by atoms with van der Waals surface area (Å²) < 4.78 is 0. The molecule has 1 N–H and O–H groups in total. The lowest BCUT2D eigenvalue weighted by Crippen LogP contribution is -2.08. The number of rotatable bonds is 6. The zero-order valence-corrected chi connectivity index (χ0v) is 8.84. The largest absolute Gasteiger partial charge is 0.478 e. The lowest BCUT2D eigenvalue weighted by Gasteiger charge is -2.21. The molecule has 0 unspecified atom stereocenters. The smallest absolute Gasteiger partial charge is 0.327 e. The highest BCUT2D eigenvalue weighted by Gasteiger charge is 2.13. The molecule has 0 aliphatic rings. The van der Waals surface area contributed by atoms with Gasteiger partial charge in [-0.2, -0.15) is 0 Å². The Hall–Kier alpha value is -0.790. The van der Waals surface area contributed by atoms with Crippen LogP contribution in [0.1, 0.15) is 46.5 Å². The average molecular weight is 184 g/mol. The predicted octanol–water partition coefficient (Wildman–Crippen LogP) is 3.23. The van der Waals surface area contributed by atoms with Gasteiger partial charge in [-0.25, -0.2) is 4.79 Å². The number of hydrogen-bond donors (Lipinski definition) is 1. The lowest BCUT2D eigenvalue weighted by molar-refractivity contribution is -0.131. The van der Waals surface area contributed by atoms with E-state index in [0.717, 1.165) is 19.3 Å². The van der Waals surface area contributed by atoms with Crippen LogP contribution in [0.3, 0.4) is 0 Å². The number of carboxylic acids is 1. The van der Waals surface area contributed by atoms with E-state index in [4.69, 9.17) is 5.11 Å². The van der Waals surface area contributed by atoms with E-state index in [9.17, 15) is 4.79 Å². The van der Waals surface area contributed by atoms with Crippen molar-refractivity contribution >= 4 is 5.97 Å². The number of carbonyl (C=O) groups is 1. The van der Waals surface area contributed by atoms with Crippen molar-refractivity contribution in [1.29, 1.82) is 0 Å². The van der Waals surface area contributed by atoms with Gasteiger partial charge in [-0.15, -0.1) is 0 Å². The van der Waals surface area contributed by atoms with Crippen LogP contribution in [0.2, 0.25) is 0 Å². The van der Waals surface area contributed by atoms with Crippen LogP contribution >= 0.6 is 0 Å². The van der Waals surface area contributed by atoms with E-state index in [1.807, 2.05) is 0 Å². The second kappa shape index (κ2) is 5.79. The van der Waals surface area contributed by atoms with Gasteiger partial charge in [0.1, 0.15) is 0 Å². The number of aliphatic carboxylic acids is 1. The molecule has 0 spiro atoms. The molecular formula is C11H20O2. The fourth-order valence-corrected chi connectivity index (χ4v) is 1.06.